The van der Waals surface area contributed by atoms with Crippen LogP contribution in [-0.4, -0.2) is 35.7 Å². The number of nitrogens with zero attached hydrogens (tertiary/aromatic N) is 3. The molecule has 0 saturated heterocycles. The summed E-state index contributed by atoms with van der Waals surface area (Å²) >= 11 is 0. The zero-order valence-electron chi connectivity index (χ0n) is 12.4. The first-order valence-electron chi connectivity index (χ1n) is 6.93. The van der Waals surface area contributed by atoms with E-state index in [0.717, 1.165) is 32.0 Å². The monoisotopic (exact) mass is 267 g/mol. The van der Waals surface area contributed by atoms with Crippen molar-refractivity contribution in [1.82, 2.24) is 20.8 Å². The lowest BCUT2D eigenvalue weighted by Crippen LogP contribution is -2.38. The van der Waals surface area contributed by atoms with Gasteiger partial charge in [-0.15, -0.1) is 0 Å². The highest BCUT2D eigenvalue weighted by atomic mass is 16.5. The first kappa shape index (κ1) is 15.5. The molecule has 1 aromatic rings. The van der Waals surface area contributed by atoms with Crippen LogP contribution in [0.1, 0.15) is 38.9 Å². The summed E-state index contributed by atoms with van der Waals surface area (Å²) in [6.07, 6.45) is 1.80. The van der Waals surface area contributed by atoms with E-state index in [1.807, 2.05) is 6.92 Å². The van der Waals surface area contributed by atoms with E-state index in [-0.39, 0.29) is 0 Å². The molecule has 108 valence electrons. The van der Waals surface area contributed by atoms with E-state index in [9.17, 15) is 0 Å². The Morgan fingerprint density at radius 3 is 2.74 bits per heavy atom. The van der Waals surface area contributed by atoms with Gasteiger partial charge in [-0.05, 0) is 26.2 Å². The number of nitrogens with one attached hydrogen (secondary N) is 2. The van der Waals surface area contributed by atoms with Crippen molar-refractivity contribution in [2.45, 2.75) is 40.5 Å². The second kappa shape index (κ2) is 8.50. The van der Waals surface area contributed by atoms with E-state index in [1.54, 1.807) is 0 Å². The summed E-state index contributed by atoms with van der Waals surface area (Å²) in [5, 5.41) is 10.2. The molecule has 0 aliphatic heterocycles. The van der Waals surface area contributed by atoms with Crippen molar-refractivity contribution in [2.24, 2.45) is 10.9 Å². The van der Waals surface area contributed by atoms with Gasteiger partial charge in [-0.2, -0.15) is 4.98 Å². The lowest BCUT2D eigenvalue weighted by atomic mass is 10.1. The summed E-state index contributed by atoms with van der Waals surface area (Å²) < 4.78 is 5.06. The predicted molar refractivity (Wildman–Crippen MR) is 76.2 cm³/mol. The molecule has 1 aromatic heterocycles. The fourth-order valence-electron chi connectivity index (χ4n) is 1.51. The summed E-state index contributed by atoms with van der Waals surface area (Å²) in [5.41, 5.74) is 0. The van der Waals surface area contributed by atoms with Crippen LogP contribution in [0, 0.1) is 12.8 Å². The van der Waals surface area contributed by atoms with E-state index in [4.69, 9.17) is 4.52 Å². The van der Waals surface area contributed by atoms with Crippen molar-refractivity contribution >= 4 is 5.96 Å². The number of rotatable bonds is 7. The maximum absolute atomic E-state index is 5.06. The molecule has 0 bridgehead atoms. The lowest BCUT2D eigenvalue weighted by Gasteiger charge is -2.10. The van der Waals surface area contributed by atoms with Crippen LogP contribution < -0.4 is 10.6 Å². The third-order valence-corrected chi connectivity index (χ3v) is 2.52. The van der Waals surface area contributed by atoms with E-state index < -0.39 is 0 Å². The van der Waals surface area contributed by atoms with E-state index >= 15 is 0 Å². The van der Waals surface area contributed by atoms with Crippen LogP contribution in [0.5, 0.6) is 0 Å². The second-order valence-corrected chi connectivity index (χ2v) is 4.86. The average Bonchev–Trinajstić information content (AvgIpc) is 2.74. The van der Waals surface area contributed by atoms with Crippen LogP contribution in [0.15, 0.2) is 9.52 Å². The molecule has 0 fully saturated rings. The molecule has 19 heavy (non-hydrogen) atoms. The standard InChI is InChI=1S/C13H25N5O/c1-5-14-13(15-8-6-10(2)3)16-9-7-12-17-11(4)18-19-12/h10H,5-9H2,1-4H3,(H2,14,15,16). The molecule has 0 radical (unpaired) electrons. The van der Waals surface area contributed by atoms with Gasteiger partial charge in [0.2, 0.25) is 5.89 Å². The van der Waals surface area contributed by atoms with Gasteiger partial charge in [-0.1, -0.05) is 19.0 Å². The molecule has 0 saturated carbocycles. The zero-order valence-corrected chi connectivity index (χ0v) is 12.4. The van der Waals surface area contributed by atoms with Crippen molar-refractivity contribution in [3.63, 3.8) is 0 Å². The Morgan fingerprint density at radius 1 is 1.37 bits per heavy atom. The maximum atomic E-state index is 5.06. The van der Waals surface area contributed by atoms with Gasteiger partial charge in [0.25, 0.3) is 0 Å². The molecular formula is C13H25N5O. The predicted octanol–water partition coefficient (Wildman–Crippen LogP) is 1.52. The minimum absolute atomic E-state index is 0.656. The minimum atomic E-state index is 0.656. The van der Waals surface area contributed by atoms with Gasteiger partial charge in [0.15, 0.2) is 11.8 Å². The molecule has 0 aliphatic rings. The third-order valence-electron chi connectivity index (χ3n) is 2.52. The molecule has 1 rings (SSSR count). The zero-order chi connectivity index (χ0) is 14.1. The van der Waals surface area contributed by atoms with Gasteiger partial charge >= 0.3 is 0 Å². The average molecular weight is 267 g/mol. The highest BCUT2D eigenvalue weighted by Crippen LogP contribution is 1.98. The minimum Gasteiger partial charge on any atom is -0.357 e. The van der Waals surface area contributed by atoms with Crippen LogP contribution in [0.3, 0.4) is 0 Å². The van der Waals surface area contributed by atoms with E-state index in [0.29, 0.717) is 24.1 Å². The first-order chi connectivity index (χ1) is 9.11. The smallest absolute Gasteiger partial charge is 0.228 e. The molecule has 6 nitrogen and oxygen atoms in total. The van der Waals surface area contributed by atoms with Crippen molar-refractivity contribution in [3.05, 3.63) is 11.7 Å². The molecule has 0 aliphatic carbocycles. The Balaban J connectivity index is 2.32. The van der Waals surface area contributed by atoms with Crippen molar-refractivity contribution < 1.29 is 4.52 Å². The fraction of sp³-hybridized carbons (Fsp3) is 0.769. The van der Waals surface area contributed by atoms with Crippen LogP contribution >= 0.6 is 0 Å². The largest absolute Gasteiger partial charge is 0.357 e. The summed E-state index contributed by atoms with van der Waals surface area (Å²) in [4.78, 5) is 8.68. The van der Waals surface area contributed by atoms with Gasteiger partial charge < -0.3 is 15.2 Å². The van der Waals surface area contributed by atoms with Gasteiger partial charge in [-0.3, -0.25) is 4.99 Å². The van der Waals surface area contributed by atoms with E-state index in [1.165, 1.54) is 0 Å². The molecule has 6 heteroatoms. The molecule has 1 heterocycles. The van der Waals surface area contributed by atoms with E-state index in [2.05, 4.69) is 46.5 Å². The molecule has 0 spiro atoms. The SMILES string of the molecule is CCNC(=NCCC(C)C)NCCc1nc(C)no1. The first-order valence-corrected chi connectivity index (χ1v) is 6.93. The number of guanidine groups is 1. The van der Waals surface area contributed by atoms with Crippen LogP contribution in [0.2, 0.25) is 0 Å². The molecule has 2 N–H and O–H groups in total. The Bertz CT molecular complexity index is 386. The summed E-state index contributed by atoms with van der Waals surface area (Å²) in [6, 6.07) is 0. The third kappa shape index (κ3) is 6.79. The molecule has 0 amide bonds. The second-order valence-electron chi connectivity index (χ2n) is 4.86. The van der Waals surface area contributed by atoms with Gasteiger partial charge in [0.05, 0.1) is 0 Å². The Labute approximate surface area is 115 Å². The summed E-state index contributed by atoms with van der Waals surface area (Å²) in [7, 11) is 0. The topological polar surface area (TPSA) is 75.3 Å². The van der Waals surface area contributed by atoms with Gasteiger partial charge in [-0.25, -0.2) is 0 Å². The molecule has 0 unspecified atom stereocenters. The molecular weight excluding hydrogens is 242 g/mol. The highest BCUT2D eigenvalue weighted by molar-refractivity contribution is 5.79. The van der Waals surface area contributed by atoms with Crippen molar-refractivity contribution in [3.8, 4) is 0 Å². The number of aryl methyl sites for hydroxylation is 1. The van der Waals surface area contributed by atoms with Gasteiger partial charge in [0.1, 0.15) is 0 Å². The van der Waals surface area contributed by atoms with Crippen LogP contribution in [0.25, 0.3) is 0 Å². The number of hydrogen-bond acceptors (Lipinski definition) is 4. The Hall–Kier alpha value is -1.59. The normalized spacial score (nSPS) is 11.9. The number of aliphatic imine (C=N–C) groups is 1. The Kier molecular flexibility index (Phi) is 6.92. The van der Waals surface area contributed by atoms with Crippen molar-refractivity contribution in [2.75, 3.05) is 19.6 Å². The quantitative estimate of drug-likeness (QED) is 0.578. The number of hydrogen-bond donors (Lipinski definition) is 2. The molecule has 0 aromatic carbocycles. The summed E-state index contributed by atoms with van der Waals surface area (Å²) in [5.74, 6) is 2.85. The van der Waals surface area contributed by atoms with Crippen LogP contribution in [-0.2, 0) is 6.42 Å². The maximum Gasteiger partial charge on any atom is 0.228 e. The van der Waals surface area contributed by atoms with Gasteiger partial charge in [0, 0.05) is 26.1 Å². The molecule has 0 atom stereocenters. The Morgan fingerprint density at radius 2 is 2.16 bits per heavy atom. The summed E-state index contributed by atoms with van der Waals surface area (Å²) in [6.45, 7) is 10.7. The lowest BCUT2D eigenvalue weighted by molar-refractivity contribution is 0.374. The highest BCUT2D eigenvalue weighted by Gasteiger charge is 2.03. The number of aromatic nitrogens is 2. The fourth-order valence-corrected chi connectivity index (χ4v) is 1.51. The van der Waals surface area contributed by atoms with Crippen molar-refractivity contribution in [1.29, 1.82) is 0 Å². The van der Waals surface area contributed by atoms with Crippen LogP contribution in [0.4, 0.5) is 0 Å².